The Morgan fingerprint density at radius 2 is 1.65 bits per heavy atom. The molecule has 2 atom stereocenters. The fourth-order valence-electron chi connectivity index (χ4n) is 5.23. The first kappa shape index (κ1) is 22.1. The van der Waals surface area contributed by atoms with Crippen molar-refractivity contribution in [2.24, 2.45) is 0 Å². The van der Waals surface area contributed by atoms with E-state index in [1.807, 2.05) is 12.1 Å². The highest BCUT2D eigenvalue weighted by Crippen LogP contribution is 2.45. The van der Waals surface area contributed by atoms with E-state index < -0.39 is 6.61 Å². The van der Waals surface area contributed by atoms with Gasteiger partial charge in [0.15, 0.2) is 0 Å². The molecule has 1 aromatic carbocycles. The molecule has 5 nitrogen and oxygen atoms in total. The summed E-state index contributed by atoms with van der Waals surface area (Å²) >= 11 is 0. The fraction of sp³-hybridized carbons (Fsp3) is 0.583. The van der Waals surface area contributed by atoms with E-state index in [4.69, 9.17) is 9.47 Å². The first-order chi connectivity index (χ1) is 14.7. The largest absolute Gasteiger partial charge is 0.435 e. The molecule has 2 heterocycles. The number of nitrogens with zero attached hydrogens (tertiary/aromatic N) is 2. The number of hydrogen-bond donors (Lipinski definition) is 0. The molecule has 0 spiro atoms. The average molecular weight is 435 g/mol. The number of allylic oxidation sites excluding steroid dienone is 1. The molecule has 3 aliphatic rings. The third-order valence-electron chi connectivity index (χ3n) is 6.59. The molecule has 170 valence electrons. The lowest BCUT2D eigenvalue weighted by Gasteiger charge is -2.42. The van der Waals surface area contributed by atoms with Gasteiger partial charge in [-0.15, -0.1) is 0 Å². The van der Waals surface area contributed by atoms with Gasteiger partial charge in [-0.2, -0.15) is 8.78 Å². The summed E-state index contributed by atoms with van der Waals surface area (Å²) in [6, 6.07) is 6.88. The molecule has 0 saturated carbocycles. The minimum atomic E-state index is -2.80. The second-order valence-corrected chi connectivity index (χ2v) is 9.16. The SMILES string of the molecule is COC1C(C)=C(N2CCN(c3ccc(OC(F)F)cc3)CC2)C(C)=C2CC(C)(C)OC21. The molecule has 0 amide bonds. The molecule has 2 aliphatic heterocycles. The van der Waals surface area contributed by atoms with Crippen molar-refractivity contribution in [2.75, 3.05) is 38.2 Å². The number of alkyl halides is 2. The van der Waals surface area contributed by atoms with E-state index in [0.717, 1.165) is 38.3 Å². The molecule has 2 unspecified atom stereocenters. The summed E-state index contributed by atoms with van der Waals surface area (Å²) in [5.41, 5.74) is 6.05. The molecule has 0 radical (unpaired) electrons. The van der Waals surface area contributed by atoms with Crippen molar-refractivity contribution in [1.29, 1.82) is 0 Å². The van der Waals surface area contributed by atoms with E-state index in [1.54, 1.807) is 19.2 Å². The van der Waals surface area contributed by atoms with Crippen molar-refractivity contribution in [3.8, 4) is 5.75 Å². The molecule has 1 aromatic rings. The summed E-state index contributed by atoms with van der Waals surface area (Å²) in [5, 5.41) is 0. The van der Waals surface area contributed by atoms with E-state index in [9.17, 15) is 8.78 Å². The number of anilines is 1. The van der Waals surface area contributed by atoms with E-state index in [2.05, 4.69) is 42.2 Å². The van der Waals surface area contributed by atoms with Crippen molar-refractivity contribution in [3.63, 3.8) is 0 Å². The lowest BCUT2D eigenvalue weighted by atomic mass is 9.83. The number of piperazine rings is 1. The molecular formula is C24H32F2N2O3. The van der Waals surface area contributed by atoms with Gasteiger partial charge in [-0.25, -0.2) is 0 Å². The minimum absolute atomic E-state index is 0.000915. The van der Waals surface area contributed by atoms with Crippen molar-refractivity contribution >= 4 is 5.69 Å². The van der Waals surface area contributed by atoms with Gasteiger partial charge in [0.05, 0.1) is 5.60 Å². The Hall–Kier alpha value is -2.12. The number of methoxy groups -OCH3 is 1. The second kappa shape index (κ2) is 8.43. The van der Waals surface area contributed by atoms with Crippen LogP contribution in [0, 0.1) is 0 Å². The van der Waals surface area contributed by atoms with Gasteiger partial charge < -0.3 is 24.0 Å². The average Bonchev–Trinajstić information content (AvgIpc) is 3.04. The highest BCUT2D eigenvalue weighted by molar-refractivity contribution is 5.51. The Bertz CT molecular complexity index is 871. The summed E-state index contributed by atoms with van der Waals surface area (Å²) < 4.78 is 41.4. The Morgan fingerprint density at radius 3 is 2.23 bits per heavy atom. The van der Waals surface area contributed by atoms with Gasteiger partial charge in [-0.05, 0) is 68.7 Å². The number of rotatable bonds is 5. The molecule has 0 bridgehead atoms. The van der Waals surface area contributed by atoms with Crippen LogP contribution in [0.5, 0.6) is 5.75 Å². The number of benzene rings is 1. The molecule has 2 saturated heterocycles. The predicted molar refractivity (Wildman–Crippen MR) is 117 cm³/mol. The predicted octanol–water partition coefficient (Wildman–Crippen LogP) is 4.60. The van der Waals surface area contributed by atoms with Gasteiger partial charge in [0.1, 0.15) is 18.0 Å². The van der Waals surface area contributed by atoms with Crippen molar-refractivity contribution in [3.05, 3.63) is 46.7 Å². The second-order valence-electron chi connectivity index (χ2n) is 9.16. The van der Waals surface area contributed by atoms with Gasteiger partial charge in [0, 0.05) is 51.1 Å². The van der Waals surface area contributed by atoms with Crippen molar-refractivity contribution < 1.29 is 23.0 Å². The smallest absolute Gasteiger partial charge is 0.387 e. The van der Waals surface area contributed by atoms with Crippen molar-refractivity contribution in [1.82, 2.24) is 4.90 Å². The Balaban J connectivity index is 1.49. The zero-order valence-electron chi connectivity index (χ0n) is 19.0. The van der Waals surface area contributed by atoms with Crippen LogP contribution in [0.3, 0.4) is 0 Å². The number of hydrogen-bond acceptors (Lipinski definition) is 5. The Labute approximate surface area is 183 Å². The molecule has 7 heteroatoms. The summed E-state index contributed by atoms with van der Waals surface area (Å²) in [6.45, 7) is 9.35. The van der Waals surface area contributed by atoms with Crippen LogP contribution in [-0.2, 0) is 9.47 Å². The van der Waals surface area contributed by atoms with Crippen LogP contribution in [0.1, 0.15) is 34.1 Å². The van der Waals surface area contributed by atoms with Crippen LogP contribution in [0.15, 0.2) is 46.7 Å². The summed E-state index contributed by atoms with van der Waals surface area (Å²) in [7, 11) is 1.76. The van der Waals surface area contributed by atoms with Crippen LogP contribution in [0.2, 0.25) is 0 Å². The van der Waals surface area contributed by atoms with Crippen LogP contribution in [0.4, 0.5) is 14.5 Å². The van der Waals surface area contributed by atoms with Gasteiger partial charge in [0.2, 0.25) is 0 Å². The maximum Gasteiger partial charge on any atom is 0.387 e. The highest BCUT2D eigenvalue weighted by atomic mass is 19.3. The molecule has 1 aliphatic carbocycles. The Kier molecular flexibility index (Phi) is 6.01. The van der Waals surface area contributed by atoms with E-state index in [-0.39, 0.29) is 23.6 Å². The summed E-state index contributed by atoms with van der Waals surface area (Å²) in [6.07, 6.45) is 0.863. The summed E-state index contributed by atoms with van der Waals surface area (Å²) in [5.74, 6) is 0.185. The lowest BCUT2D eigenvalue weighted by molar-refractivity contribution is -0.0665. The molecular weight excluding hydrogens is 402 g/mol. The first-order valence-corrected chi connectivity index (χ1v) is 10.9. The van der Waals surface area contributed by atoms with Crippen LogP contribution in [0.25, 0.3) is 0 Å². The molecule has 0 N–H and O–H groups in total. The molecule has 4 rings (SSSR count). The van der Waals surface area contributed by atoms with Gasteiger partial charge in [0.25, 0.3) is 0 Å². The quantitative estimate of drug-likeness (QED) is 0.677. The van der Waals surface area contributed by atoms with E-state index >= 15 is 0 Å². The van der Waals surface area contributed by atoms with Crippen LogP contribution < -0.4 is 9.64 Å². The zero-order valence-corrected chi connectivity index (χ0v) is 19.0. The topological polar surface area (TPSA) is 34.2 Å². The maximum absolute atomic E-state index is 12.4. The summed E-state index contributed by atoms with van der Waals surface area (Å²) in [4.78, 5) is 4.73. The minimum Gasteiger partial charge on any atom is -0.435 e. The number of halogens is 2. The maximum atomic E-state index is 12.4. The van der Waals surface area contributed by atoms with Gasteiger partial charge >= 0.3 is 6.61 Å². The standard InChI is InChI=1S/C24H32F2N2O3/c1-15-19-14-24(3,4)31-22(19)21(29-5)16(2)20(15)28-12-10-27(11-13-28)17-6-8-18(9-7-17)30-23(25)26/h6-9,21-23H,10-14H2,1-5H3. The molecule has 31 heavy (non-hydrogen) atoms. The third-order valence-corrected chi connectivity index (χ3v) is 6.59. The zero-order chi connectivity index (χ0) is 22.3. The molecule has 2 fully saturated rings. The monoisotopic (exact) mass is 434 g/mol. The lowest BCUT2D eigenvalue weighted by Crippen LogP contribution is -2.48. The number of fused-ring (bicyclic) bond motifs is 1. The first-order valence-electron chi connectivity index (χ1n) is 10.9. The highest BCUT2D eigenvalue weighted by Gasteiger charge is 2.46. The van der Waals surface area contributed by atoms with Crippen molar-refractivity contribution in [2.45, 2.75) is 58.5 Å². The Morgan fingerprint density at radius 1 is 1.03 bits per heavy atom. The van der Waals surface area contributed by atoms with Gasteiger partial charge in [-0.3, -0.25) is 0 Å². The number of ether oxygens (including phenoxy) is 3. The van der Waals surface area contributed by atoms with E-state index in [0.29, 0.717) is 0 Å². The molecule has 0 aromatic heterocycles. The third kappa shape index (κ3) is 4.30. The van der Waals surface area contributed by atoms with Crippen LogP contribution >= 0.6 is 0 Å². The van der Waals surface area contributed by atoms with Gasteiger partial charge in [-0.1, -0.05) is 0 Å². The van der Waals surface area contributed by atoms with E-state index in [1.165, 1.54) is 22.4 Å². The fourth-order valence-corrected chi connectivity index (χ4v) is 5.23. The normalized spacial score (nSPS) is 26.1. The van der Waals surface area contributed by atoms with Crippen LogP contribution in [-0.4, -0.2) is 62.6 Å².